The van der Waals surface area contributed by atoms with Crippen LogP contribution >= 0.6 is 46.4 Å². The summed E-state index contributed by atoms with van der Waals surface area (Å²) in [5.74, 6) is -4.30. The van der Waals surface area contributed by atoms with Crippen LogP contribution in [0.25, 0.3) is 0 Å². The molecule has 25 heteroatoms. The summed E-state index contributed by atoms with van der Waals surface area (Å²) in [6.45, 7) is 2.07. The predicted molar refractivity (Wildman–Crippen MR) is 212 cm³/mol. The molecule has 0 atom stereocenters. The molecule has 18 nitrogen and oxygen atoms in total. The number of halogens is 4. The Bertz CT molecular complexity index is 1680. The van der Waals surface area contributed by atoms with E-state index in [9.17, 15) is 20.4 Å². The van der Waals surface area contributed by atoms with E-state index in [-0.39, 0.29) is 172 Å². The molecule has 3 aromatic carbocycles. The molecule has 318 valence electrons. The van der Waals surface area contributed by atoms with Crippen molar-refractivity contribution in [2.24, 2.45) is 20.6 Å². The van der Waals surface area contributed by atoms with Crippen molar-refractivity contribution in [1.82, 2.24) is 0 Å². The van der Waals surface area contributed by atoms with Crippen LogP contribution < -0.4 is 40.1 Å². The number of alkyl halides is 4. The van der Waals surface area contributed by atoms with Crippen LogP contribution in [0.2, 0.25) is 0 Å². The van der Waals surface area contributed by atoms with Gasteiger partial charge in [0.15, 0.2) is 26.4 Å². The van der Waals surface area contributed by atoms with E-state index in [1.807, 2.05) is 0 Å². The van der Waals surface area contributed by atoms with Gasteiger partial charge < -0.3 is 69.1 Å². The number of carbonyl (C=O) groups is 2. The average Bonchev–Trinajstić information content (AvgIpc) is 3.16. The second-order valence-electron chi connectivity index (χ2n) is 9.80. The SMILES string of the molecule is CC(=O)[O-].CC(=O)[O-].ClCCl.ClCCl.[Ca+2].[O-]c1c2cccc1OC/C=C\COc1cccc(c1[O-])/C=N/OCCO/N=C/c1ccc(c([O-])c1[O-])/C=N/OCCO/N=C/2.[Zn+2].[Zn+2]. The van der Waals surface area contributed by atoms with Crippen LogP contribution in [0.4, 0.5) is 0 Å². The Morgan fingerprint density at radius 3 is 1.03 bits per heavy atom. The molecule has 3 aromatic rings. The largest absolute Gasteiger partial charge is 2.00 e. The maximum atomic E-state index is 12.6. The van der Waals surface area contributed by atoms with Crippen molar-refractivity contribution in [2.75, 3.05) is 50.3 Å². The zero-order valence-corrected chi connectivity index (χ0v) is 44.0. The molecule has 0 N–H and O–H groups in total. The Kier molecular flexibility index (Phi) is 44.3. The van der Waals surface area contributed by atoms with Gasteiger partial charge >= 0.3 is 76.7 Å². The van der Waals surface area contributed by atoms with Crippen molar-refractivity contribution in [1.29, 1.82) is 0 Å². The molecule has 5 rings (SSSR count). The summed E-state index contributed by atoms with van der Waals surface area (Å²) in [6, 6.07) is 12.2. The number of para-hydroxylation sites is 2. The average molecular weight is 1060 g/mol. The van der Waals surface area contributed by atoms with Gasteiger partial charge in [-0.3, -0.25) is 0 Å². The van der Waals surface area contributed by atoms with E-state index in [1.165, 1.54) is 36.7 Å². The summed E-state index contributed by atoms with van der Waals surface area (Å²) < 4.78 is 11.1. The van der Waals surface area contributed by atoms with E-state index in [0.717, 1.165) is 26.3 Å². The van der Waals surface area contributed by atoms with Gasteiger partial charge in [-0.05, 0) is 60.4 Å². The molecular weight excluding hydrogens is 1030 g/mol. The van der Waals surface area contributed by atoms with Crippen LogP contribution in [0.5, 0.6) is 34.5 Å². The summed E-state index contributed by atoms with van der Waals surface area (Å²) in [7, 11) is 0. The smallest absolute Gasteiger partial charge is 0.872 e. The molecule has 6 bridgehead atoms. The van der Waals surface area contributed by atoms with E-state index >= 15 is 0 Å². The van der Waals surface area contributed by atoms with E-state index in [0.29, 0.717) is 0 Å². The van der Waals surface area contributed by atoms with Gasteiger partial charge in [0.05, 0.1) is 35.5 Å². The van der Waals surface area contributed by atoms with Crippen LogP contribution in [0.1, 0.15) is 36.1 Å². The number of fused-ring (bicyclic) bond motifs is 16. The third-order valence-corrected chi connectivity index (χ3v) is 5.63. The van der Waals surface area contributed by atoms with Crippen molar-refractivity contribution >= 4 is 121 Å². The summed E-state index contributed by atoms with van der Waals surface area (Å²) in [5, 5.41) is 82.8. The number of carbonyl (C=O) groups excluding carboxylic acids is 2. The first-order chi connectivity index (χ1) is 27.8. The zero-order chi connectivity index (χ0) is 43.6. The first kappa shape index (κ1) is 64.3. The third-order valence-electron chi connectivity index (χ3n) is 5.63. The molecular formula is C36H36CaCl4N4O14Zn2. The molecule has 0 aliphatic carbocycles. The van der Waals surface area contributed by atoms with Crippen molar-refractivity contribution in [3.63, 3.8) is 0 Å². The molecule has 61 heavy (non-hydrogen) atoms. The molecule has 0 amide bonds. The monoisotopic (exact) mass is 1060 g/mol. The Balaban J connectivity index is -0.000000838. The van der Waals surface area contributed by atoms with Crippen LogP contribution in [0.15, 0.2) is 81.3 Å². The first-order valence-corrected chi connectivity index (χ1v) is 18.2. The van der Waals surface area contributed by atoms with Crippen LogP contribution in [0, 0.1) is 0 Å². The minimum Gasteiger partial charge on any atom is -0.872 e. The normalized spacial score (nSPS) is 14.7. The summed E-state index contributed by atoms with van der Waals surface area (Å²) in [6.07, 6.45) is 7.99. The standard InChI is InChI=1S/C30H30N4O10.2C2H4O2.2CH2Cl2.Ca.2Zn/c35-27-21-5-3-7-25(27)39-11-1-2-12-40-26-8-4-6-22(28(26)36)18-32-42-14-16-44-34-20-24-10-9-23(29(37)30(24)38)19-33-43-15-13-41-31-17-21;2*1-2(3)4;2*2-1-3;;;/h1-10,17-20,35-38H,11-16H2;2*1H3,(H,3,4);2*1H2;;;/q;;;;;3*+2/p-6/b2-1-,31-17+,32-18+,33-19+,34-20+;;;;;;;. The number of rotatable bonds is 0. The van der Waals surface area contributed by atoms with Gasteiger partial charge in [-0.25, -0.2) is 0 Å². The Labute approximate surface area is 427 Å². The topological polar surface area (TPSA) is 277 Å². The molecule has 2 aliphatic heterocycles. The van der Waals surface area contributed by atoms with Crippen LogP contribution in [0.3, 0.4) is 0 Å². The van der Waals surface area contributed by atoms with Crippen molar-refractivity contribution in [3.8, 4) is 34.5 Å². The van der Waals surface area contributed by atoms with Gasteiger partial charge in [-0.1, -0.05) is 68.5 Å². The number of benzene rings is 3. The molecule has 2 heterocycles. The summed E-state index contributed by atoms with van der Waals surface area (Å²) in [5.41, 5.74) is 0.521. The molecule has 0 radical (unpaired) electrons. The summed E-state index contributed by atoms with van der Waals surface area (Å²) in [4.78, 5) is 38.0. The minimum absolute atomic E-state index is 0. The predicted octanol–water partition coefficient (Wildman–Crippen LogP) is 1.08. The number of nitrogens with zero attached hydrogens (tertiary/aromatic N) is 4. The van der Waals surface area contributed by atoms with Gasteiger partial charge in [0.2, 0.25) is 0 Å². The number of hydrogen-bond acceptors (Lipinski definition) is 18. The van der Waals surface area contributed by atoms with Gasteiger partial charge in [0.1, 0.15) is 24.7 Å². The molecule has 0 spiro atoms. The van der Waals surface area contributed by atoms with Gasteiger partial charge in [-0.2, -0.15) is 0 Å². The van der Waals surface area contributed by atoms with Gasteiger partial charge in [0.25, 0.3) is 0 Å². The van der Waals surface area contributed by atoms with E-state index < -0.39 is 23.4 Å². The van der Waals surface area contributed by atoms with Crippen molar-refractivity contribution in [2.45, 2.75) is 13.8 Å². The second kappa shape index (κ2) is 42.0. The number of carboxylic acids is 2. The van der Waals surface area contributed by atoms with Crippen LogP contribution in [-0.4, -0.2) is 125 Å². The molecule has 0 fully saturated rings. The fourth-order valence-corrected chi connectivity index (χ4v) is 3.44. The van der Waals surface area contributed by atoms with Crippen LogP contribution in [-0.2, 0) is 67.9 Å². The molecule has 0 unspecified atom stereocenters. The fraction of sp³-hybridized carbons (Fsp3) is 0.278. The number of oxime groups is 4. The Morgan fingerprint density at radius 2 is 0.770 bits per heavy atom. The number of ether oxygens (including phenoxy) is 2. The molecule has 2 aliphatic rings. The molecule has 0 aromatic heterocycles. The molecule has 0 saturated carbocycles. The van der Waals surface area contributed by atoms with Crippen molar-refractivity contribution in [3.05, 3.63) is 82.9 Å². The number of aliphatic carboxylic acids is 2. The number of carboxylic acid groups (broad SMARTS) is 2. The fourth-order valence-electron chi connectivity index (χ4n) is 3.44. The van der Waals surface area contributed by atoms with E-state index in [1.54, 1.807) is 36.4 Å². The third kappa shape index (κ3) is 32.1. The quantitative estimate of drug-likeness (QED) is 0.173. The second-order valence-corrected chi connectivity index (χ2v) is 11.4. The van der Waals surface area contributed by atoms with E-state index in [2.05, 4.69) is 20.6 Å². The number of hydrogen-bond donors (Lipinski definition) is 0. The summed E-state index contributed by atoms with van der Waals surface area (Å²) >= 11 is 19.1. The molecule has 0 saturated heterocycles. The van der Waals surface area contributed by atoms with Crippen molar-refractivity contribution < 1.29 is 108 Å². The van der Waals surface area contributed by atoms with Gasteiger partial charge in [-0.15, -0.1) is 57.9 Å². The minimum atomic E-state index is -1.08. The van der Waals surface area contributed by atoms with E-state index in [4.69, 9.17) is 95.0 Å². The zero-order valence-electron chi connectivity index (χ0n) is 32.9. The first-order valence-electron chi connectivity index (χ1n) is 16.1. The van der Waals surface area contributed by atoms with Gasteiger partial charge in [0, 0.05) is 11.9 Å². The maximum absolute atomic E-state index is 12.6. The Hall–Kier alpha value is -3.31. The maximum Gasteiger partial charge on any atom is 2.00 e. The Morgan fingerprint density at radius 1 is 0.525 bits per heavy atom.